The SMILES string of the molecule is CC(=O)N1CCc2cc(-c3csc(C)n3)ccc21. The number of carbonyl (C=O) groups is 1. The number of anilines is 1. The van der Waals surface area contributed by atoms with Crippen molar-refractivity contribution in [1.82, 2.24) is 4.98 Å². The largest absolute Gasteiger partial charge is 0.312 e. The summed E-state index contributed by atoms with van der Waals surface area (Å²) in [7, 11) is 0. The highest BCUT2D eigenvalue weighted by Crippen LogP contribution is 2.32. The summed E-state index contributed by atoms with van der Waals surface area (Å²) in [6, 6.07) is 6.25. The first kappa shape index (κ1) is 11.4. The molecule has 1 aromatic heterocycles. The van der Waals surface area contributed by atoms with E-state index in [0.717, 1.165) is 34.9 Å². The summed E-state index contributed by atoms with van der Waals surface area (Å²) in [6.07, 6.45) is 0.936. The van der Waals surface area contributed by atoms with E-state index in [1.165, 1.54) is 5.56 Å². The zero-order chi connectivity index (χ0) is 12.7. The Morgan fingerprint density at radius 1 is 1.44 bits per heavy atom. The van der Waals surface area contributed by atoms with E-state index in [9.17, 15) is 4.79 Å². The lowest BCUT2D eigenvalue weighted by atomic mass is 10.1. The highest BCUT2D eigenvalue weighted by atomic mass is 32.1. The maximum absolute atomic E-state index is 11.5. The molecule has 1 aliphatic rings. The maximum Gasteiger partial charge on any atom is 0.223 e. The maximum atomic E-state index is 11.5. The molecule has 0 radical (unpaired) electrons. The van der Waals surface area contributed by atoms with Crippen molar-refractivity contribution in [1.29, 1.82) is 0 Å². The molecule has 1 amide bonds. The van der Waals surface area contributed by atoms with Crippen molar-refractivity contribution in [3.8, 4) is 11.3 Å². The molecule has 0 spiro atoms. The Kier molecular flexibility index (Phi) is 2.67. The molecule has 0 fully saturated rings. The van der Waals surface area contributed by atoms with Crippen molar-refractivity contribution in [3.05, 3.63) is 34.2 Å². The normalized spacial score (nSPS) is 13.8. The molecule has 2 heterocycles. The minimum atomic E-state index is 0.117. The van der Waals surface area contributed by atoms with Gasteiger partial charge < -0.3 is 4.90 Å². The van der Waals surface area contributed by atoms with Crippen molar-refractivity contribution in [2.45, 2.75) is 20.3 Å². The number of fused-ring (bicyclic) bond motifs is 1. The van der Waals surface area contributed by atoms with Gasteiger partial charge in [0.05, 0.1) is 10.7 Å². The number of hydrogen-bond donors (Lipinski definition) is 0. The Balaban J connectivity index is 2.01. The van der Waals surface area contributed by atoms with Gasteiger partial charge in [0.25, 0.3) is 0 Å². The van der Waals surface area contributed by atoms with E-state index < -0.39 is 0 Å². The van der Waals surface area contributed by atoms with Crippen LogP contribution in [0.25, 0.3) is 11.3 Å². The first-order valence-electron chi connectivity index (χ1n) is 5.98. The highest BCUT2D eigenvalue weighted by Gasteiger charge is 2.22. The van der Waals surface area contributed by atoms with Crippen LogP contribution in [0.2, 0.25) is 0 Å². The van der Waals surface area contributed by atoms with Crippen LogP contribution in [0.3, 0.4) is 0 Å². The molecule has 0 unspecified atom stereocenters. The standard InChI is InChI=1S/C14H14N2OS/c1-9-15-13(8-18-9)11-3-4-14-12(7-11)5-6-16(14)10(2)17/h3-4,7-8H,5-6H2,1-2H3. The summed E-state index contributed by atoms with van der Waals surface area (Å²) >= 11 is 1.66. The lowest BCUT2D eigenvalue weighted by Gasteiger charge is -2.14. The van der Waals surface area contributed by atoms with Gasteiger partial charge in [-0.05, 0) is 31.0 Å². The average Bonchev–Trinajstić information content (AvgIpc) is 2.93. The minimum absolute atomic E-state index is 0.117. The van der Waals surface area contributed by atoms with Gasteiger partial charge in [-0.1, -0.05) is 6.07 Å². The third-order valence-electron chi connectivity index (χ3n) is 3.27. The van der Waals surface area contributed by atoms with Crippen molar-refractivity contribution in [3.63, 3.8) is 0 Å². The average molecular weight is 258 g/mol. The molecular formula is C14H14N2OS. The van der Waals surface area contributed by atoms with Crippen LogP contribution < -0.4 is 4.90 Å². The second-order valence-corrected chi connectivity index (χ2v) is 5.58. The topological polar surface area (TPSA) is 33.2 Å². The number of hydrogen-bond acceptors (Lipinski definition) is 3. The lowest BCUT2D eigenvalue weighted by Crippen LogP contribution is -2.25. The second kappa shape index (κ2) is 4.21. The summed E-state index contributed by atoms with van der Waals surface area (Å²) in [5, 5.41) is 3.16. The molecule has 3 rings (SSSR count). The predicted octanol–water partition coefficient (Wildman–Crippen LogP) is 3.03. The zero-order valence-corrected chi connectivity index (χ0v) is 11.3. The van der Waals surface area contributed by atoms with Crippen molar-refractivity contribution in [2.75, 3.05) is 11.4 Å². The summed E-state index contributed by atoms with van der Waals surface area (Å²) in [4.78, 5) is 17.8. The van der Waals surface area contributed by atoms with Crippen LogP contribution in [0.1, 0.15) is 17.5 Å². The first-order valence-corrected chi connectivity index (χ1v) is 6.86. The zero-order valence-electron chi connectivity index (χ0n) is 10.4. The van der Waals surface area contributed by atoms with Crippen LogP contribution in [0, 0.1) is 6.92 Å². The Labute approximate surface area is 110 Å². The quantitative estimate of drug-likeness (QED) is 0.787. The third kappa shape index (κ3) is 1.82. The molecule has 18 heavy (non-hydrogen) atoms. The van der Waals surface area contributed by atoms with E-state index >= 15 is 0 Å². The monoisotopic (exact) mass is 258 g/mol. The van der Waals surface area contributed by atoms with Crippen LogP contribution in [-0.2, 0) is 11.2 Å². The molecule has 92 valence electrons. The number of benzene rings is 1. The van der Waals surface area contributed by atoms with Crippen molar-refractivity contribution < 1.29 is 4.79 Å². The van der Waals surface area contributed by atoms with Crippen molar-refractivity contribution >= 4 is 22.9 Å². The van der Waals surface area contributed by atoms with Gasteiger partial charge in [0.1, 0.15) is 0 Å². The van der Waals surface area contributed by atoms with Crippen molar-refractivity contribution in [2.24, 2.45) is 0 Å². The Morgan fingerprint density at radius 2 is 2.28 bits per heavy atom. The van der Waals surface area contributed by atoms with E-state index in [1.54, 1.807) is 18.3 Å². The fourth-order valence-corrected chi connectivity index (χ4v) is 3.01. The first-order chi connectivity index (χ1) is 8.65. The fraction of sp³-hybridized carbons (Fsp3) is 0.286. The van der Waals surface area contributed by atoms with Gasteiger partial charge in [-0.2, -0.15) is 0 Å². The summed E-state index contributed by atoms with van der Waals surface area (Å²) < 4.78 is 0. The predicted molar refractivity (Wildman–Crippen MR) is 74.0 cm³/mol. The van der Waals surface area contributed by atoms with E-state index in [-0.39, 0.29) is 5.91 Å². The molecule has 0 atom stereocenters. The Bertz CT molecular complexity index is 618. The number of thiazole rings is 1. The number of nitrogens with zero attached hydrogens (tertiary/aromatic N) is 2. The molecule has 4 heteroatoms. The van der Waals surface area contributed by atoms with E-state index in [1.807, 2.05) is 17.9 Å². The smallest absolute Gasteiger partial charge is 0.223 e. The van der Waals surface area contributed by atoms with Gasteiger partial charge in [-0.3, -0.25) is 4.79 Å². The number of aryl methyl sites for hydroxylation is 1. The molecular weight excluding hydrogens is 244 g/mol. The number of aromatic nitrogens is 1. The van der Waals surface area contributed by atoms with Crippen LogP contribution in [0.15, 0.2) is 23.6 Å². The van der Waals surface area contributed by atoms with Gasteiger partial charge in [-0.25, -0.2) is 4.98 Å². The number of rotatable bonds is 1. The van der Waals surface area contributed by atoms with E-state index in [2.05, 4.69) is 22.5 Å². The minimum Gasteiger partial charge on any atom is -0.312 e. The Morgan fingerprint density at radius 3 is 2.94 bits per heavy atom. The van der Waals surface area contributed by atoms with Crippen LogP contribution in [-0.4, -0.2) is 17.4 Å². The van der Waals surface area contributed by atoms with E-state index in [4.69, 9.17) is 0 Å². The van der Waals surface area contributed by atoms with Gasteiger partial charge in [-0.15, -0.1) is 11.3 Å². The molecule has 3 nitrogen and oxygen atoms in total. The van der Waals surface area contributed by atoms with E-state index in [0.29, 0.717) is 0 Å². The fourth-order valence-electron chi connectivity index (χ4n) is 2.38. The highest BCUT2D eigenvalue weighted by molar-refractivity contribution is 7.09. The van der Waals surface area contributed by atoms with Crippen LogP contribution >= 0.6 is 11.3 Å². The summed E-state index contributed by atoms with van der Waals surface area (Å²) in [5.41, 5.74) is 4.47. The molecule has 0 saturated carbocycles. The third-order valence-corrected chi connectivity index (χ3v) is 4.04. The Hall–Kier alpha value is -1.68. The van der Waals surface area contributed by atoms with Gasteiger partial charge in [0.15, 0.2) is 0 Å². The summed E-state index contributed by atoms with van der Waals surface area (Å²) in [5.74, 6) is 0.117. The molecule has 0 aliphatic carbocycles. The van der Waals surface area contributed by atoms with Crippen LogP contribution in [0.4, 0.5) is 5.69 Å². The lowest BCUT2D eigenvalue weighted by molar-refractivity contribution is -0.116. The molecule has 2 aromatic rings. The molecule has 0 bridgehead atoms. The number of amides is 1. The molecule has 1 aromatic carbocycles. The summed E-state index contributed by atoms with van der Waals surface area (Å²) in [6.45, 7) is 4.43. The van der Waals surface area contributed by atoms with Gasteiger partial charge in [0.2, 0.25) is 5.91 Å². The second-order valence-electron chi connectivity index (χ2n) is 4.52. The molecule has 0 saturated heterocycles. The van der Waals surface area contributed by atoms with Gasteiger partial charge in [0, 0.05) is 30.1 Å². The number of carbonyl (C=O) groups excluding carboxylic acids is 1. The van der Waals surface area contributed by atoms with Crippen LogP contribution in [0.5, 0.6) is 0 Å². The van der Waals surface area contributed by atoms with Gasteiger partial charge >= 0.3 is 0 Å². The molecule has 0 N–H and O–H groups in total. The molecule has 1 aliphatic heterocycles.